The molecule has 1 saturated heterocycles. The molecule has 1 aliphatic rings. The number of nitrogens with zero attached hydrogens (tertiary/aromatic N) is 1. The van der Waals surface area contributed by atoms with E-state index in [1.807, 2.05) is 13.8 Å². The number of hydrogen-bond donors (Lipinski definition) is 2. The average Bonchev–Trinajstić information content (AvgIpc) is 2.31. The van der Waals surface area contributed by atoms with Gasteiger partial charge in [-0.3, -0.25) is 4.90 Å². The zero-order chi connectivity index (χ0) is 8.48. The summed E-state index contributed by atoms with van der Waals surface area (Å²) in [4.78, 5) is 2.14. The Morgan fingerprint density at radius 3 is 2.64 bits per heavy atom. The molecule has 0 radical (unpaired) electrons. The molecule has 3 nitrogen and oxygen atoms in total. The van der Waals surface area contributed by atoms with Crippen LogP contribution in [0.4, 0.5) is 0 Å². The number of rotatable bonds is 2. The van der Waals surface area contributed by atoms with Crippen LogP contribution in [0.3, 0.4) is 0 Å². The van der Waals surface area contributed by atoms with Gasteiger partial charge in [-0.15, -0.1) is 0 Å². The fourth-order valence-corrected chi connectivity index (χ4v) is 1.84. The van der Waals surface area contributed by atoms with E-state index >= 15 is 0 Å². The largest absolute Gasteiger partial charge is 0.389 e. The lowest BCUT2D eigenvalue weighted by atomic mass is 9.97. The minimum absolute atomic E-state index is 0.257. The van der Waals surface area contributed by atoms with E-state index in [-0.39, 0.29) is 6.04 Å². The predicted octanol–water partition coefficient (Wildman–Crippen LogP) is 0.138. The molecule has 0 aromatic carbocycles. The minimum Gasteiger partial charge on any atom is -0.389 e. The number of aliphatic hydroxyl groups is 1. The SMILES string of the molecule is CC(C)(O)[C@@H]1CCCN1CN. The highest BCUT2D eigenvalue weighted by Gasteiger charge is 2.34. The van der Waals surface area contributed by atoms with Crippen LogP contribution in [0.5, 0.6) is 0 Å². The molecule has 0 saturated carbocycles. The minimum atomic E-state index is -0.601. The molecule has 0 aromatic heterocycles. The lowest BCUT2D eigenvalue weighted by Gasteiger charge is -2.32. The van der Waals surface area contributed by atoms with Crippen LogP contribution < -0.4 is 5.73 Å². The molecule has 0 aromatic rings. The van der Waals surface area contributed by atoms with Crippen molar-refractivity contribution in [3.05, 3.63) is 0 Å². The van der Waals surface area contributed by atoms with Crippen molar-refractivity contribution in [1.82, 2.24) is 4.90 Å². The van der Waals surface area contributed by atoms with Gasteiger partial charge in [0.15, 0.2) is 0 Å². The molecular weight excluding hydrogens is 140 g/mol. The first-order chi connectivity index (χ1) is 5.05. The van der Waals surface area contributed by atoms with Crippen LogP contribution in [0.1, 0.15) is 26.7 Å². The third-order valence-electron chi connectivity index (χ3n) is 2.41. The highest BCUT2D eigenvalue weighted by atomic mass is 16.3. The summed E-state index contributed by atoms with van der Waals surface area (Å²) in [7, 11) is 0. The highest BCUT2D eigenvalue weighted by molar-refractivity contribution is 4.89. The average molecular weight is 158 g/mol. The molecule has 1 heterocycles. The van der Waals surface area contributed by atoms with E-state index in [1.54, 1.807) is 0 Å². The summed E-state index contributed by atoms with van der Waals surface area (Å²) >= 11 is 0. The fraction of sp³-hybridized carbons (Fsp3) is 1.00. The van der Waals surface area contributed by atoms with Gasteiger partial charge >= 0.3 is 0 Å². The molecular formula is C8H18N2O. The van der Waals surface area contributed by atoms with E-state index in [9.17, 15) is 5.11 Å². The van der Waals surface area contributed by atoms with Crippen LogP contribution in [0, 0.1) is 0 Å². The summed E-state index contributed by atoms with van der Waals surface area (Å²) in [6.45, 7) is 5.30. The zero-order valence-electron chi connectivity index (χ0n) is 7.38. The van der Waals surface area contributed by atoms with Crippen LogP contribution in [0.2, 0.25) is 0 Å². The van der Waals surface area contributed by atoms with Crippen molar-refractivity contribution in [2.24, 2.45) is 5.73 Å². The van der Waals surface area contributed by atoms with Gasteiger partial charge in [0.25, 0.3) is 0 Å². The Balaban J connectivity index is 2.57. The lowest BCUT2D eigenvalue weighted by Crippen LogP contribution is -2.47. The second-order valence-electron chi connectivity index (χ2n) is 3.81. The van der Waals surface area contributed by atoms with Gasteiger partial charge in [0, 0.05) is 12.7 Å². The Hall–Kier alpha value is -0.120. The second kappa shape index (κ2) is 3.09. The Bertz CT molecular complexity index is 131. The number of nitrogens with two attached hydrogens (primary N) is 1. The van der Waals surface area contributed by atoms with E-state index < -0.39 is 5.60 Å². The maximum Gasteiger partial charge on any atom is 0.0746 e. The summed E-state index contributed by atoms with van der Waals surface area (Å²) in [6.07, 6.45) is 2.23. The van der Waals surface area contributed by atoms with Crippen LogP contribution in [0.15, 0.2) is 0 Å². The maximum atomic E-state index is 9.72. The van der Waals surface area contributed by atoms with Gasteiger partial charge in [-0.25, -0.2) is 0 Å². The van der Waals surface area contributed by atoms with Gasteiger partial charge in [0.2, 0.25) is 0 Å². The van der Waals surface area contributed by atoms with Gasteiger partial charge in [-0.05, 0) is 33.2 Å². The molecule has 3 N–H and O–H groups in total. The second-order valence-corrected chi connectivity index (χ2v) is 3.81. The number of hydrogen-bond acceptors (Lipinski definition) is 3. The molecule has 11 heavy (non-hydrogen) atoms. The van der Waals surface area contributed by atoms with Crippen LogP contribution in [0.25, 0.3) is 0 Å². The van der Waals surface area contributed by atoms with E-state index in [0.29, 0.717) is 6.67 Å². The van der Waals surface area contributed by atoms with Gasteiger partial charge < -0.3 is 10.8 Å². The van der Waals surface area contributed by atoms with Gasteiger partial charge in [0.05, 0.1) is 5.60 Å². The third-order valence-corrected chi connectivity index (χ3v) is 2.41. The Morgan fingerprint density at radius 1 is 1.64 bits per heavy atom. The van der Waals surface area contributed by atoms with Gasteiger partial charge in [-0.1, -0.05) is 0 Å². The zero-order valence-corrected chi connectivity index (χ0v) is 7.38. The van der Waals surface area contributed by atoms with Gasteiger partial charge in [0.1, 0.15) is 0 Å². The molecule has 0 unspecified atom stereocenters. The van der Waals surface area contributed by atoms with Crippen LogP contribution >= 0.6 is 0 Å². The molecule has 1 atom stereocenters. The van der Waals surface area contributed by atoms with Gasteiger partial charge in [-0.2, -0.15) is 0 Å². The summed E-state index contributed by atoms with van der Waals surface area (Å²) in [5.41, 5.74) is 4.93. The number of likely N-dealkylation sites (tertiary alicyclic amines) is 1. The first-order valence-corrected chi connectivity index (χ1v) is 4.22. The fourth-order valence-electron chi connectivity index (χ4n) is 1.84. The van der Waals surface area contributed by atoms with Crippen LogP contribution in [-0.4, -0.2) is 34.9 Å². The van der Waals surface area contributed by atoms with E-state index in [0.717, 1.165) is 19.4 Å². The maximum absolute atomic E-state index is 9.72. The molecule has 1 aliphatic heterocycles. The standard InChI is InChI=1S/C8H18N2O/c1-8(2,11)7-4-3-5-10(7)6-9/h7,11H,3-6,9H2,1-2H3/t7-/m0/s1. The smallest absolute Gasteiger partial charge is 0.0746 e. The molecule has 1 rings (SSSR count). The molecule has 0 amide bonds. The van der Waals surface area contributed by atoms with E-state index in [2.05, 4.69) is 4.90 Å². The Morgan fingerprint density at radius 2 is 2.27 bits per heavy atom. The van der Waals surface area contributed by atoms with Crippen molar-refractivity contribution in [3.63, 3.8) is 0 Å². The summed E-state index contributed by atoms with van der Waals surface area (Å²) in [5.74, 6) is 0. The van der Waals surface area contributed by atoms with Crippen molar-refractivity contribution in [2.45, 2.75) is 38.3 Å². The molecule has 66 valence electrons. The topological polar surface area (TPSA) is 49.5 Å². The van der Waals surface area contributed by atoms with Crippen molar-refractivity contribution >= 4 is 0 Å². The van der Waals surface area contributed by atoms with Crippen molar-refractivity contribution in [3.8, 4) is 0 Å². The Kier molecular flexibility index (Phi) is 2.52. The summed E-state index contributed by atoms with van der Waals surface area (Å²) in [6, 6.07) is 0.257. The van der Waals surface area contributed by atoms with Crippen molar-refractivity contribution in [2.75, 3.05) is 13.2 Å². The normalized spacial score (nSPS) is 27.8. The van der Waals surface area contributed by atoms with E-state index in [4.69, 9.17) is 5.73 Å². The first kappa shape index (κ1) is 8.97. The molecule has 0 bridgehead atoms. The summed E-state index contributed by atoms with van der Waals surface area (Å²) in [5, 5.41) is 9.72. The third kappa shape index (κ3) is 1.92. The molecule has 0 spiro atoms. The molecule has 3 heteroatoms. The quantitative estimate of drug-likeness (QED) is 0.601. The van der Waals surface area contributed by atoms with Crippen LogP contribution in [-0.2, 0) is 0 Å². The van der Waals surface area contributed by atoms with Crippen molar-refractivity contribution in [1.29, 1.82) is 0 Å². The van der Waals surface area contributed by atoms with E-state index in [1.165, 1.54) is 0 Å². The predicted molar refractivity (Wildman–Crippen MR) is 45.1 cm³/mol. The summed E-state index contributed by atoms with van der Waals surface area (Å²) < 4.78 is 0. The molecule has 1 fully saturated rings. The van der Waals surface area contributed by atoms with Crippen molar-refractivity contribution < 1.29 is 5.11 Å². The Labute approximate surface area is 68.2 Å². The molecule has 0 aliphatic carbocycles. The highest BCUT2D eigenvalue weighted by Crippen LogP contribution is 2.25. The monoisotopic (exact) mass is 158 g/mol. The lowest BCUT2D eigenvalue weighted by molar-refractivity contribution is -0.00153. The first-order valence-electron chi connectivity index (χ1n) is 4.22.